The summed E-state index contributed by atoms with van der Waals surface area (Å²) in [7, 11) is 0. The molecule has 0 aromatic rings. The molecule has 0 heterocycles. The van der Waals surface area contributed by atoms with E-state index in [1.54, 1.807) is 0 Å². The first-order valence-electron chi connectivity index (χ1n) is 3.84. The molecule has 0 aliphatic rings. The third-order valence-corrected chi connectivity index (χ3v) is 4.94. The molecule has 68 valence electrons. The van der Waals surface area contributed by atoms with Gasteiger partial charge in [-0.2, -0.15) is 0 Å². The third kappa shape index (κ3) is 5.63. The quantitative estimate of drug-likeness (QED) is 0.312. The van der Waals surface area contributed by atoms with E-state index in [2.05, 4.69) is 76.3 Å². The van der Waals surface area contributed by atoms with Crippen LogP contribution in [-0.2, 0) is 0 Å². The highest BCUT2D eigenvalue weighted by molar-refractivity contribution is 14.1. The molecule has 0 fully saturated rings. The molecule has 0 bridgehead atoms. The van der Waals surface area contributed by atoms with Crippen LogP contribution in [-0.4, -0.2) is 14.2 Å². The van der Waals surface area contributed by atoms with Gasteiger partial charge in [-0.1, -0.05) is 50.3 Å². The summed E-state index contributed by atoms with van der Waals surface area (Å²) < 4.78 is 3.44. The molecular weight excluding hydrogens is 364 g/mol. The predicted octanol–water partition coefficient (Wildman–Crippen LogP) is 3.71. The summed E-state index contributed by atoms with van der Waals surface area (Å²) >= 11 is 4.78. The van der Waals surface area contributed by atoms with Crippen LogP contribution >= 0.6 is 45.5 Å². The van der Waals surface area contributed by atoms with E-state index in [1.165, 1.54) is 6.54 Å². The van der Waals surface area contributed by atoms with Crippen molar-refractivity contribution in [1.29, 1.82) is 0 Å². The summed E-state index contributed by atoms with van der Waals surface area (Å²) in [6, 6.07) is 0. The van der Waals surface area contributed by atoms with E-state index in [0.29, 0.717) is 5.41 Å². The largest absolute Gasteiger partial charge is 0.237 e. The SMILES string of the molecule is CC(CN(I)CI)C(C)(C)C. The van der Waals surface area contributed by atoms with E-state index in [1.807, 2.05) is 0 Å². The number of nitrogens with zero attached hydrogens (tertiary/aromatic N) is 1. The molecule has 0 saturated heterocycles. The van der Waals surface area contributed by atoms with Gasteiger partial charge in [-0.3, -0.25) is 0 Å². The Morgan fingerprint density at radius 1 is 1.36 bits per heavy atom. The molecule has 1 unspecified atom stereocenters. The van der Waals surface area contributed by atoms with Crippen molar-refractivity contribution >= 4 is 45.5 Å². The smallest absolute Gasteiger partial charge is 0.0600 e. The normalized spacial score (nSPS) is 15.5. The number of halogens is 2. The summed E-state index contributed by atoms with van der Waals surface area (Å²) in [5.41, 5.74) is 0.440. The Hall–Kier alpha value is 1.42. The Kier molecular flexibility index (Phi) is 5.89. The minimum absolute atomic E-state index is 0.440. The molecule has 1 nitrogen and oxygen atoms in total. The second kappa shape index (κ2) is 5.21. The molecule has 0 saturated carbocycles. The van der Waals surface area contributed by atoms with Crippen LogP contribution < -0.4 is 0 Å². The van der Waals surface area contributed by atoms with Crippen molar-refractivity contribution in [1.82, 2.24) is 3.11 Å². The lowest BCUT2D eigenvalue weighted by atomic mass is 9.82. The fraction of sp³-hybridized carbons (Fsp3) is 1.00. The van der Waals surface area contributed by atoms with Gasteiger partial charge in [-0.25, -0.2) is 3.11 Å². The van der Waals surface area contributed by atoms with Gasteiger partial charge in [0.1, 0.15) is 0 Å². The van der Waals surface area contributed by atoms with Crippen LogP contribution in [0.3, 0.4) is 0 Å². The first-order valence-corrected chi connectivity index (χ1v) is 6.33. The second-order valence-electron chi connectivity index (χ2n) is 4.03. The van der Waals surface area contributed by atoms with E-state index in [9.17, 15) is 0 Å². The van der Waals surface area contributed by atoms with Gasteiger partial charge in [0, 0.05) is 29.4 Å². The number of hydrogen-bond donors (Lipinski definition) is 0. The fourth-order valence-electron chi connectivity index (χ4n) is 0.620. The number of rotatable bonds is 3. The number of alkyl halides is 1. The summed E-state index contributed by atoms with van der Waals surface area (Å²) in [5, 5.41) is 0. The van der Waals surface area contributed by atoms with E-state index < -0.39 is 0 Å². The van der Waals surface area contributed by atoms with Gasteiger partial charge in [-0.15, -0.1) is 0 Å². The maximum atomic E-state index is 2.39. The molecule has 0 amide bonds. The zero-order valence-electron chi connectivity index (χ0n) is 7.69. The van der Waals surface area contributed by atoms with E-state index in [4.69, 9.17) is 0 Å². The summed E-state index contributed by atoms with van der Waals surface area (Å²) in [6.45, 7) is 10.4. The predicted molar refractivity (Wildman–Crippen MR) is 68.2 cm³/mol. The molecule has 0 spiro atoms. The van der Waals surface area contributed by atoms with Crippen LogP contribution in [0.2, 0.25) is 0 Å². The van der Waals surface area contributed by atoms with Gasteiger partial charge in [0.2, 0.25) is 0 Å². The summed E-state index contributed by atoms with van der Waals surface area (Å²) in [5.74, 6) is 0.758. The molecule has 0 aromatic carbocycles. The van der Waals surface area contributed by atoms with Gasteiger partial charge in [-0.05, 0) is 11.3 Å². The third-order valence-electron chi connectivity index (χ3n) is 2.08. The molecular formula is C8H17I2N. The van der Waals surface area contributed by atoms with Crippen LogP contribution in [0.15, 0.2) is 0 Å². The molecule has 0 aliphatic carbocycles. The zero-order valence-corrected chi connectivity index (χ0v) is 12.0. The highest BCUT2D eigenvalue weighted by Gasteiger charge is 2.21. The summed E-state index contributed by atoms with van der Waals surface area (Å²) in [6.07, 6.45) is 0. The van der Waals surface area contributed by atoms with E-state index in [0.717, 1.165) is 10.5 Å². The van der Waals surface area contributed by atoms with Crippen molar-refractivity contribution in [3.63, 3.8) is 0 Å². The Balaban J connectivity index is 3.77. The molecule has 11 heavy (non-hydrogen) atoms. The Morgan fingerprint density at radius 3 is 2.09 bits per heavy atom. The van der Waals surface area contributed by atoms with Crippen molar-refractivity contribution in [3.8, 4) is 0 Å². The van der Waals surface area contributed by atoms with Gasteiger partial charge in [0.05, 0.1) is 4.55 Å². The number of hydrogen-bond acceptors (Lipinski definition) is 1. The van der Waals surface area contributed by atoms with Crippen molar-refractivity contribution in [2.75, 3.05) is 11.1 Å². The van der Waals surface area contributed by atoms with Crippen molar-refractivity contribution in [2.24, 2.45) is 11.3 Å². The lowest BCUT2D eigenvalue weighted by Gasteiger charge is -2.29. The Morgan fingerprint density at radius 2 is 1.82 bits per heavy atom. The van der Waals surface area contributed by atoms with Crippen LogP contribution in [0.25, 0.3) is 0 Å². The minimum Gasteiger partial charge on any atom is -0.237 e. The summed E-state index contributed by atoms with van der Waals surface area (Å²) in [4.78, 5) is 0. The van der Waals surface area contributed by atoms with Gasteiger partial charge in [0.25, 0.3) is 0 Å². The molecule has 0 aliphatic heterocycles. The molecule has 1 atom stereocenters. The van der Waals surface area contributed by atoms with E-state index in [-0.39, 0.29) is 0 Å². The molecule has 3 heteroatoms. The molecule has 0 radical (unpaired) electrons. The van der Waals surface area contributed by atoms with Crippen LogP contribution in [0.1, 0.15) is 27.7 Å². The highest BCUT2D eigenvalue weighted by Crippen LogP contribution is 2.26. The van der Waals surface area contributed by atoms with Crippen molar-refractivity contribution in [2.45, 2.75) is 27.7 Å². The van der Waals surface area contributed by atoms with E-state index >= 15 is 0 Å². The topological polar surface area (TPSA) is 3.24 Å². The fourth-order valence-corrected chi connectivity index (χ4v) is 1.49. The average molecular weight is 381 g/mol. The standard InChI is InChI=1S/C8H17I2N/c1-7(8(2,3)4)5-11(10)6-9/h7H,5-6H2,1-4H3. The lowest BCUT2D eigenvalue weighted by Crippen LogP contribution is -2.27. The zero-order chi connectivity index (χ0) is 9.07. The average Bonchev–Trinajstić information content (AvgIpc) is 1.85. The van der Waals surface area contributed by atoms with Crippen LogP contribution in [0.5, 0.6) is 0 Å². The lowest BCUT2D eigenvalue weighted by molar-refractivity contribution is 0.236. The van der Waals surface area contributed by atoms with Crippen molar-refractivity contribution in [3.05, 3.63) is 0 Å². The molecule has 0 aromatic heterocycles. The van der Waals surface area contributed by atoms with Crippen LogP contribution in [0, 0.1) is 11.3 Å². The molecule has 0 rings (SSSR count). The first-order chi connectivity index (χ1) is 4.88. The molecule has 0 N–H and O–H groups in total. The Labute approximate surface area is 97.9 Å². The van der Waals surface area contributed by atoms with Gasteiger partial charge < -0.3 is 0 Å². The van der Waals surface area contributed by atoms with Gasteiger partial charge in [0.15, 0.2) is 0 Å². The first kappa shape index (κ1) is 12.4. The maximum Gasteiger partial charge on any atom is 0.0600 e. The second-order valence-corrected chi connectivity index (χ2v) is 6.08. The Bertz CT molecular complexity index is 109. The van der Waals surface area contributed by atoms with Crippen LogP contribution in [0.4, 0.5) is 0 Å². The monoisotopic (exact) mass is 381 g/mol. The van der Waals surface area contributed by atoms with Crippen molar-refractivity contribution < 1.29 is 0 Å². The highest BCUT2D eigenvalue weighted by atomic mass is 127. The minimum atomic E-state index is 0.440. The maximum absolute atomic E-state index is 2.39. The van der Waals surface area contributed by atoms with Gasteiger partial charge >= 0.3 is 0 Å².